The van der Waals surface area contributed by atoms with Gasteiger partial charge in [0.05, 0.1) is 28.7 Å². The van der Waals surface area contributed by atoms with E-state index in [2.05, 4.69) is 72.9 Å². The van der Waals surface area contributed by atoms with E-state index < -0.39 is 37.3 Å². The van der Waals surface area contributed by atoms with E-state index in [9.17, 15) is 27.7 Å². The normalized spacial score (nSPS) is 20.1. The molecule has 18 heteroatoms. The number of H-pyrrole nitrogens is 1. The van der Waals surface area contributed by atoms with Crippen LogP contribution in [0.5, 0.6) is 17.4 Å². The Bertz CT molecular complexity index is 2710. The Labute approximate surface area is 383 Å². The molecule has 3 N–H and O–H groups in total. The number of amides is 1. The summed E-state index contributed by atoms with van der Waals surface area (Å²) in [6, 6.07) is 16.7. The van der Waals surface area contributed by atoms with Gasteiger partial charge in [0.25, 0.3) is 21.8 Å². The number of ether oxygens (including phenoxy) is 3. The molecule has 0 radical (unpaired) electrons. The van der Waals surface area contributed by atoms with Crippen molar-refractivity contribution in [3.05, 3.63) is 99.6 Å². The van der Waals surface area contributed by atoms with E-state index in [0.717, 1.165) is 76.0 Å². The molecule has 6 heterocycles. The molecule has 0 bridgehead atoms. The monoisotopic (exact) mass is 924 g/mol. The van der Waals surface area contributed by atoms with Crippen LogP contribution in [0.1, 0.15) is 99.0 Å². The highest BCUT2D eigenvalue weighted by Crippen LogP contribution is 2.49. The van der Waals surface area contributed by atoms with Crippen LogP contribution in [-0.4, -0.2) is 97.7 Å². The van der Waals surface area contributed by atoms with Crippen LogP contribution in [0.15, 0.2) is 71.9 Å². The smallest absolute Gasteiger partial charge is 0.312 e. The fourth-order valence-electron chi connectivity index (χ4n) is 10.4. The number of carbonyl (C=O) groups is 1. The van der Waals surface area contributed by atoms with Gasteiger partial charge in [-0.2, -0.15) is 4.98 Å². The Balaban J connectivity index is 0.943. The lowest BCUT2D eigenvalue weighted by molar-refractivity contribution is -0.384. The molecule has 4 fully saturated rings. The fourth-order valence-corrected chi connectivity index (χ4v) is 11.3. The molecule has 4 aliphatic rings. The number of likely N-dealkylation sites (tertiary alicyclic amines) is 1. The molecule has 5 aromatic rings. The number of anilines is 2. The second kappa shape index (κ2) is 18.8. The van der Waals surface area contributed by atoms with Gasteiger partial charge in [0.15, 0.2) is 5.75 Å². The quantitative estimate of drug-likeness (QED) is 0.0669. The van der Waals surface area contributed by atoms with Gasteiger partial charge >= 0.3 is 5.69 Å². The van der Waals surface area contributed by atoms with Gasteiger partial charge in [0.2, 0.25) is 5.82 Å². The predicted molar refractivity (Wildman–Crippen MR) is 248 cm³/mol. The molecule has 3 saturated heterocycles. The molecule has 9 rings (SSSR count). The van der Waals surface area contributed by atoms with Crippen LogP contribution in [0, 0.1) is 27.3 Å². The maximum absolute atomic E-state index is 14.9. The number of nitrogens with one attached hydrogen (secondary N) is 3. The Morgan fingerprint density at radius 1 is 1.06 bits per heavy atom. The molecular formula is C48H57FN8O8S. The number of carbonyl (C=O) groups excluding carboxylic acids is 1. The molecular weight excluding hydrogens is 868 g/mol. The third-order valence-electron chi connectivity index (χ3n) is 14.0. The molecule has 350 valence electrons. The van der Waals surface area contributed by atoms with Gasteiger partial charge in [-0.3, -0.25) is 19.8 Å². The summed E-state index contributed by atoms with van der Waals surface area (Å²) in [6.45, 7) is 11.7. The Kier molecular flexibility index (Phi) is 12.9. The number of benzene rings is 2. The van der Waals surface area contributed by atoms with Crippen molar-refractivity contribution < 1.29 is 36.7 Å². The number of aromatic nitrogens is 3. The molecule has 0 unspecified atom stereocenters. The number of piperidine rings is 1. The summed E-state index contributed by atoms with van der Waals surface area (Å²) in [6.07, 6.45) is 9.32. The van der Waals surface area contributed by atoms with E-state index in [4.69, 9.17) is 14.2 Å². The van der Waals surface area contributed by atoms with E-state index in [1.54, 1.807) is 19.1 Å². The molecule has 1 spiro atoms. The maximum Gasteiger partial charge on any atom is 0.312 e. The van der Waals surface area contributed by atoms with Gasteiger partial charge in [-0.05, 0) is 91.9 Å². The largest absolute Gasteiger partial charge is 0.475 e. The van der Waals surface area contributed by atoms with Crippen molar-refractivity contribution in [2.24, 2.45) is 11.3 Å². The van der Waals surface area contributed by atoms with Gasteiger partial charge in [-0.15, -0.1) is 0 Å². The third kappa shape index (κ3) is 9.27. The van der Waals surface area contributed by atoms with Crippen molar-refractivity contribution in [2.75, 3.05) is 62.8 Å². The van der Waals surface area contributed by atoms with Gasteiger partial charge < -0.3 is 29.4 Å². The fraction of sp³-hybridized carbons (Fsp3) is 0.479. The second-order valence-corrected chi connectivity index (χ2v) is 20.2. The number of hydrogen-bond acceptors (Lipinski definition) is 13. The minimum Gasteiger partial charge on any atom is -0.475 e. The summed E-state index contributed by atoms with van der Waals surface area (Å²) >= 11 is 0. The lowest BCUT2D eigenvalue weighted by Crippen LogP contribution is -2.63. The zero-order valence-electron chi connectivity index (χ0n) is 37.6. The van der Waals surface area contributed by atoms with E-state index in [1.807, 2.05) is 0 Å². The molecule has 2 aromatic carbocycles. The molecule has 2 atom stereocenters. The molecule has 66 heavy (non-hydrogen) atoms. The van der Waals surface area contributed by atoms with E-state index in [1.165, 1.54) is 42.5 Å². The highest BCUT2D eigenvalue weighted by molar-refractivity contribution is 7.90. The molecule has 3 aromatic heterocycles. The van der Waals surface area contributed by atoms with Crippen LogP contribution in [0.25, 0.3) is 11.0 Å². The number of halogens is 1. The molecule has 16 nitrogen and oxygen atoms in total. The molecule has 1 aliphatic carbocycles. The van der Waals surface area contributed by atoms with Gasteiger partial charge in [0, 0.05) is 82.1 Å². The Morgan fingerprint density at radius 2 is 1.83 bits per heavy atom. The number of nitrogens with zero attached hydrogens (tertiary/aromatic N) is 5. The van der Waals surface area contributed by atoms with Crippen LogP contribution in [-0.2, 0) is 14.8 Å². The van der Waals surface area contributed by atoms with Crippen LogP contribution in [0.2, 0.25) is 0 Å². The zero-order chi connectivity index (χ0) is 46.2. The highest BCUT2D eigenvalue weighted by atomic mass is 32.2. The van der Waals surface area contributed by atoms with Gasteiger partial charge in [0.1, 0.15) is 22.1 Å². The summed E-state index contributed by atoms with van der Waals surface area (Å²) in [5, 5.41) is 15.2. The second-order valence-electron chi connectivity index (χ2n) is 18.5. The van der Waals surface area contributed by atoms with Gasteiger partial charge in [-0.25, -0.2) is 22.5 Å². The van der Waals surface area contributed by atoms with E-state index in [0.29, 0.717) is 37.6 Å². The standard InChI is InChI=1S/C48H57FN8O8S/c1-4-64-47-43(24-38-39(49)27-52-44(38)53-47)65-42-22-32(55-18-16-48(17-19-55)28-56(29-48)40-11-7-10-36(40)35-9-6-5-8-34(35)30(2)3)12-13-37(42)46(58)54-66(61,62)33-23-41(57(59)60)45(51-26-33)50-25-31-14-20-63-21-15-31/h5-6,8-9,12-13,22-24,26-27,30-31,36,40H,4,7,10-11,14-21,25,28-29H2,1-3H3,(H,50,51)(H,52,53)(H,54,58)/t36-,40-/m0/s1. The first-order valence-corrected chi connectivity index (χ1v) is 24.5. The van der Waals surface area contributed by atoms with Crippen molar-refractivity contribution in [2.45, 2.75) is 88.5 Å². The van der Waals surface area contributed by atoms with Gasteiger partial charge in [-0.1, -0.05) is 44.5 Å². The summed E-state index contributed by atoms with van der Waals surface area (Å²) in [4.78, 5) is 41.1. The first kappa shape index (κ1) is 45.3. The van der Waals surface area contributed by atoms with Crippen molar-refractivity contribution in [3.63, 3.8) is 0 Å². The average molecular weight is 925 g/mol. The first-order valence-electron chi connectivity index (χ1n) is 23.0. The number of pyridine rings is 2. The SMILES string of the molecule is CCOc1nc2[nH]cc(F)c2cc1Oc1cc(N2CCC3(CC2)CN([C@H]2CCC[C@H]2c2ccccc2C(C)C)C3)ccc1C(=O)NS(=O)(=O)c1cnc(NCC2CCOCC2)c([N+](=O)[O-])c1. The number of aromatic amines is 1. The van der Waals surface area contributed by atoms with Crippen molar-refractivity contribution in [3.8, 4) is 17.4 Å². The topological polar surface area (TPSA) is 194 Å². The molecule has 1 amide bonds. The number of rotatable bonds is 15. The molecule has 1 saturated carbocycles. The third-order valence-corrected chi connectivity index (χ3v) is 15.3. The molecule has 3 aliphatic heterocycles. The number of sulfonamides is 1. The summed E-state index contributed by atoms with van der Waals surface area (Å²) in [7, 11) is -4.70. The number of hydrogen-bond donors (Lipinski definition) is 3. The summed E-state index contributed by atoms with van der Waals surface area (Å²) < 4.78 is 62.0. The lowest BCUT2D eigenvalue weighted by Gasteiger charge is -2.57. The Morgan fingerprint density at radius 3 is 2.58 bits per heavy atom. The predicted octanol–water partition coefficient (Wildman–Crippen LogP) is 8.52. The minimum absolute atomic E-state index is 0.00830. The van der Waals surface area contributed by atoms with E-state index >= 15 is 0 Å². The average Bonchev–Trinajstić information content (AvgIpc) is 3.94. The summed E-state index contributed by atoms with van der Waals surface area (Å²) in [5.41, 5.74) is 3.44. The highest BCUT2D eigenvalue weighted by Gasteiger charge is 2.49. The minimum atomic E-state index is -4.70. The van der Waals surface area contributed by atoms with Crippen LogP contribution in [0.3, 0.4) is 0 Å². The first-order chi connectivity index (χ1) is 31.8. The van der Waals surface area contributed by atoms with Crippen LogP contribution in [0.4, 0.5) is 21.6 Å². The van der Waals surface area contributed by atoms with Crippen molar-refractivity contribution in [1.82, 2.24) is 24.6 Å². The van der Waals surface area contributed by atoms with Crippen molar-refractivity contribution >= 4 is 44.2 Å². The lowest BCUT2D eigenvalue weighted by atomic mass is 9.70. The number of fused-ring (bicyclic) bond motifs is 1. The zero-order valence-corrected chi connectivity index (χ0v) is 38.4. The maximum atomic E-state index is 14.9. The van der Waals surface area contributed by atoms with E-state index in [-0.39, 0.29) is 57.7 Å². The number of nitro groups is 1. The summed E-state index contributed by atoms with van der Waals surface area (Å²) in [5.74, 6) is -0.465. The van der Waals surface area contributed by atoms with Crippen molar-refractivity contribution in [1.29, 1.82) is 0 Å². The Hall–Kier alpha value is -5.85. The van der Waals surface area contributed by atoms with Crippen LogP contribution >= 0.6 is 0 Å². The van der Waals surface area contributed by atoms with Crippen LogP contribution < -0.4 is 24.4 Å².